The molecule has 0 radical (unpaired) electrons. The molecule has 0 unspecified atom stereocenters. The second kappa shape index (κ2) is 6.95. The number of nitrogens with one attached hydrogen (secondary N) is 1. The number of aromatic nitrogens is 2. The maximum absolute atomic E-state index is 12.2. The molecular formula is C17H22N4O3S. The Balaban J connectivity index is 1.71. The van der Waals surface area contributed by atoms with Crippen molar-refractivity contribution in [3.05, 3.63) is 16.8 Å². The number of aliphatic carboxylic acids is 1. The second-order valence-electron chi connectivity index (χ2n) is 6.49. The van der Waals surface area contributed by atoms with Gasteiger partial charge in [-0.3, -0.25) is 9.59 Å². The first-order valence-corrected chi connectivity index (χ1v) is 9.19. The highest BCUT2D eigenvalue weighted by molar-refractivity contribution is 7.18. The van der Waals surface area contributed by atoms with Crippen LogP contribution in [0.4, 0.5) is 5.82 Å². The summed E-state index contributed by atoms with van der Waals surface area (Å²) in [5.74, 6) is -0.410. The van der Waals surface area contributed by atoms with Gasteiger partial charge in [-0.2, -0.15) is 0 Å². The van der Waals surface area contributed by atoms with Crippen molar-refractivity contribution >= 4 is 39.2 Å². The number of carbonyl (C=O) groups is 2. The summed E-state index contributed by atoms with van der Waals surface area (Å²) < 4.78 is 0. The zero-order valence-electron chi connectivity index (χ0n) is 14.6. The molecule has 2 N–H and O–H groups in total. The molecule has 0 spiro atoms. The average molecular weight is 362 g/mol. The van der Waals surface area contributed by atoms with Crippen molar-refractivity contribution < 1.29 is 14.7 Å². The lowest BCUT2D eigenvalue weighted by Gasteiger charge is -2.32. The summed E-state index contributed by atoms with van der Waals surface area (Å²) in [6.07, 6.45) is 2.97. The van der Waals surface area contributed by atoms with E-state index in [1.807, 2.05) is 0 Å². The quantitative estimate of drug-likeness (QED) is 0.865. The van der Waals surface area contributed by atoms with Crippen molar-refractivity contribution in [2.45, 2.75) is 39.7 Å². The Bertz CT molecular complexity index is 812. The highest BCUT2D eigenvalue weighted by Crippen LogP contribution is 2.35. The number of anilines is 1. The number of nitrogens with zero attached hydrogens (tertiary/aromatic N) is 3. The Morgan fingerprint density at radius 1 is 1.32 bits per heavy atom. The van der Waals surface area contributed by atoms with Crippen molar-refractivity contribution in [1.29, 1.82) is 0 Å². The molecule has 1 amide bonds. The Morgan fingerprint density at radius 3 is 2.64 bits per heavy atom. The number of amides is 1. The lowest BCUT2D eigenvalue weighted by atomic mass is 9.95. The predicted octanol–water partition coefficient (Wildman–Crippen LogP) is 2.11. The number of carboxylic acid groups (broad SMARTS) is 1. The third-order valence-electron chi connectivity index (χ3n) is 4.84. The summed E-state index contributed by atoms with van der Waals surface area (Å²) >= 11 is 1.67. The molecule has 2 aromatic rings. The van der Waals surface area contributed by atoms with Crippen molar-refractivity contribution in [1.82, 2.24) is 15.3 Å². The zero-order valence-corrected chi connectivity index (χ0v) is 15.4. The average Bonchev–Trinajstić information content (AvgIpc) is 2.89. The Morgan fingerprint density at radius 2 is 2.00 bits per heavy atom. The molecule has 1 fully saturated rings. The van der Waals surface area contributed by atoms with Crippen LogP contribution in [0.2, 0.25) is 0 Å². The largest absolute Gasteiger partial charge is 0.480 e. The van der Waals surface area contributed by atoms with Gasteiger partial charge >= 0.3 is 5.97 Å². The van der Waals surface area contributed by atoms with Crippen LogP contribution >= 0.6 is 11.3 Å². The van der Waals surface area contributed by atoms with Crippen LogP contribution in [0.1, 0.15) is 30.2 Å². The molecule has 7 nitrogen and oxygen atoms in total. The number of piperidine rings is 1. The lowest BCUT2D eigenvalue weighted by molar-refractivity contribution is -0.142. The molecule has 1 aliphatic rings. The number of aryl methyl sites for hydroxylation is 2. The van der Waals surface area contributed by atoms with E-state index in [-0.39, 0.29) is 11.8 Å². The summed E-state index contributed by atoms with van der Waals surface area (Å²) in [5, 5.41) is 12.6. The maximum atomic E-state index is 12.2. The van der Waals surface area contributed by atoms with E-state index in [2.05, 4.69) is 34.0 Å². The van der Waals surface area contributed by atoms with Crippen LogP contribution in [0, 0.1) is 19.8 Å². The van der Waals surface area contributed by atoms with Gasteiger partial charge in [-0.05, 0) is 39.2 Å². The fourth-order valence-electron chi connectivity index (χ4n) is 3.15. The lowest BCUT2D eigenvalue weighted by Crippen LogP contribution is -2.45. The molecule has 1 saturated heterocycles. The third kappa shape index (κ3) is 3.44. The molecule has 2 aromatic heterocycles. The first-order chi connectivity index (χ1) is 11.9. The highest BCUT2D eigenvalue weighted by atomic mass is 32.1. The molecular weight excluding hydrogens is 340 g/mol. The van der Waals surface area contributed by atoms with Crippen LogP contribution in [0.3, 0.4) is 0 Å². The zero-order chi connectivity index (χ0) is 18.1. The van der Waals surface area contributed by atoms with Gasteiger partial charge in [0.05, 0.1) is 5.39 Å². The number of carbonyl (C=O) groups excluding carboxylic acids is 1. The summed E-state index contributed by atoms with van der Waals surface area (Å²) in [6.45, 7) is 7.11. The molecule has 0 aromatic carbocycles. The molecule has 0 saturated carbocycles. The number of rotatable bonds is 4. The van der Waals surface area contributed by atoms with Crippen LogP contribution in [0.25, 0.3) is 10.2 Å². The summed E-state index contributed by atoms with van der Waals surface area (Å²) in [5.41, 5.74) is 1.21. The van der Waals surface area contributed by atoms with Crippen LogP contribution in [0.5, 0.6) is 0 Å². The number of thiophene rings is 1. The summed E-state index contributed by atoms with van der Waals surface area (Å²) in [4.78, 5) is 36.4. The second-order valence-corrected chi connectivity index (χ2v) is 7.69. The van der Waals surface area contributed by atoms with Gasteiger partial charge in [-0.25, -0.2) is 9.97 Å². The smallest absolute Gasteiger partial charge is 0.325 e. The Hall–Kier alpha value is -2.22. The molecule has 1 atom stereocenters. The SMILES string of the molecule is Cc1sc2ncnc(N3CCC(C(=O)N[C@@H](C)C(=O)O)CC3)c2c1C. The minimum atomic E-state index is -1.02. The van der Waals surface area contributed by atoms with E-state index in [1.54, 1.807) is 17.7 Å². The van der Waals surface area contributed by atoms with Gasteiger partial charge in [0, 0.05) is 23.9 Å². The Labute approximate surface area is 150 Å². The minimum Gasteiger partial charge on any atom is -0.480 e. The van der Waals surface area contributed by atoms with Crippen molar-refractivity contribution in [3.8, 4) is 0 Å². The molecule has 0 bridgehead atoms. The predicted molar refractivity (Wildman–Crippen MR) is 97.1 cm³/mol. The third-order valence-corrected chi connectivity index (χ3v) is 5.96. The van der Waals surface area contributed by atoms with Gasteiger partial charge in [-0.1, -0.05) is 0 Å². The van der Waals surface area contributed by atoms with Gasteiger partial charge < -0.3 is 15.3 Å². The van der Waals surface area contributed by atoms with Crippen molar-refractivity contribution in [2.24, 2.45) is 5.92 Å². The van der Waals surface area contributed by atoms with Crippen molar-refractivity contribution in [2.75, 3.05) is 18.0 Å². The fourth-order valence-corrected chi connectivity index (χ4v) is 4.14. The van der Waals surface area contributed by atoms with E-state index in [1.165, 1.54) is 17.4 Å². The highest BCUT2D eigenvalue weighted by Gasteiger charge is 2.28. The van der Waals surface area contributed by atoms with Crippen LogP contribution in [-0.2, 0) is 9.59 Å². The number of hydrogen-bond donors (Lipinski definition) is 2. The molecule has 1 aliphatic heterocycles. The summed E-state index contributed by atoms with van der Waals surface area (Å²) in [6, 6.07) is -0.858. The standard InChI is InChI=1S/C17H22N4O3S/c1-9-11(3)25-16-13(9)14(18-8-19-16)21-6-4-12(5-7-21)15(22)20-10(2)17(23)24/h8,10,12H,4-7H2,1-3H3,(H,20,22)(H,23,24)/t10-/m0/s1. The number of hydrogen-bond acceptors (Lipinski definition) is 6. The number of fused-ring (bicyclic) bond motifs is 1. The first kappa shape index (κ1) is 17.6. The molecule has 3 heterocycles. The molecule has 25 heavy (non-hydrogen) atoms. The van der Waals surface area contributed by atoms with Crippen molar-refractivity contribution in [3.63, 3.8) is 0 Å². The molecule has 8 heteroatoms. The van der Waals surface area contributed by atoms with Gasteiger partial charge in [0.2, 0.25) is 5.91 Å². The fraction of sp³-hybridized carbons (Fsp3) is 0.529. The molecule has 134 valence electrons. The Kier molecular flexibility index (Phi) is 4.89. The van der Waals surface area contributed by atoms with Crippen LogP contribution in [-0.4, -0.2) is 46.1 Å². The van der Waals surface area contributed by atoms with Crippen LogP contribution in [0.15, 0.2) is 6.33 Å². The monoisotopic (exact) mass is 362 g/mol. The van der Waals surface area contributed by atoms with Gasteiger partial charge in [0.15, 0.2) is 0 Å². The normalized spacial score (nSPS) is 16.8. The topological polar surface area (TPSA) is 95.4 Å². The van der Waals surface area contributed by atoms with E-state index < -0.39 is 12.0 Å². The van der Waals surface area contributed by atoms with Crippen LogP contribution < -0.4 is 10.2 Å². The van der Waals surface area contributed by atoms with Gasteiger partial charge in [0.25, 0.3) is 0 Å². The van der Waals surface area contributed by atoms with Gasteiger partial charge in [-0.15, -0.1) is 11.3 Å². The number of carboxylic acids is 1. The van der Waals surface area contributed by atoms with E-state index in [0.29, 0.717) is 12.8 Å². The van der Waals surface area contributed by atoms with Gasteiger partial charge in [0.1, 0.15) is 23.0 Å². The minimum absolute atomic E-state index is 0.152. The summed E-state index contributed by atoms with van der Waals surface area (Å²) in [7, 11) is 0. The maximum Gasteiger partial charge on any atom is 0.325 e. The first-order valence-electron chi connectivity index (χ1n) is 8.37. The van der Waals surface area contributed by atoms with E-state index >= 15 is 0 Å². The van der Waals surface area contributed by atoms with E-state index in [9.17, 15) is 9.59 Å². The van der Waals surface area contributed by atoms with E-state index in [0.717, 1.165) is 29.1 Å². The van der Waals surface area contributed by atoms with E-state index in [4.69, 9.17) is 5.11 Å². The molecule has 0 aliphatic carbocycles. The molecule has 3 rings (SSSR count).